The zero-order valence-corrected chi connectivity index (χ0v) is 13.6. The molecule has 0 radical (unpaired) electrons. The van der Waals surface area contributed by atoms with E-state index in [1.807, 2.05) is 0 Å². The first-order valence-corrected chi connectivity index (χ1v) is 8.77. The van der Waals surface area contributed by atoms with Crippen LogP contribution in [0.4, 0.5) is 5.69 Å². The van der Waals surface area contributed by atoms with Gasteiger partial charge in [0, 0.05) is 11.2 Å². The van der Waals surface area contributed by atoms with Crippen LogP contribution in [-0.2, 0) is 10.0 Å². The Morgan fingerprint density at radius 3 is 2.83 bits per heavy atom. The molecule has 23 heavy (non-hydrogen) atoms. The Morgan fingerprint density at radius 2 is 2.09 bits per heavy atom. The summed E-state index contributed by atoms with van der Waals surface area (Å²) in [6.45, 7) is 0. The molecule has 3 rings (SSSR count). The van der Waals surface area contributed by atoms with Gasteiger partial charge in [-0.25, -0.2) is 9.78 Å². The summed E-state index contributed by atoms with van der Waals surface area (Å²) in [5.41, 5.74) is -0.347. The van der Waals surface area contributed by atoms with E-state index in [1.165, 1.54) is 30.6 Å². The molecule has 1 aromatic carbocycles. The minimum Gasteiger partial charge on any atom is -0.478 e. The highest BCUT2D eigenvalue weighted by Gasteiger charge is 2.23. The molecule has 0 aliphatic carbocycles. The van der Waals surface area contributed by atoms with E-state index < -0.39 is 16.0 Å². The van der Waals surface area contributed by atoms with Gasteiger partial charge >= 0.3 is 5.97 Å². The fourth-order valence-electron chi connectivity index (χ4n) is 1.97. The Morgan fingerprint density at radius 1 is 1.30 bits per heavy atom. The third-order valence-electron chi connectivity index (χ3n) is 2.96. The monoisotopic (exact) mass is 369 g/mol. The van der Waals surface area contributed by atoms with Crippen molar-refractivity contribution in [3.05, 3.63) is 47.2 Å². The fourth-order valence-corrected chi connectivity index (χ4v) is 4.05. The smallest absolute Gasteiger partial charge is 0.337 e. The molecule has 2 aromatic heterocycles. The average molecular weight is 370 g/mol. The molecule has 0 bridgehead atoms. The van der Waals surface area contributed by atoms with Gasteiger partial charge in [-0.05, 0) is 35.8 Å². The quantitative estimate of drug-likeness (QED) is 0.731. The molecule has 3 aromatic rings. The van der Waals surface area contributed by atoms with Crippen LogP contribution in [0, 0.1) is 0 Å². The summed E-state index contributed by atoms with van der Waals surface area (Å²) in [7, 11) is -4.10. The van der Waals surface area contributed by atoms with Crippen molar-refractivity contribution in [3.63, 3.8) is 0 Å². The van der Waals surface area contributed by atoms with Gasteiger partial charge in [-0.3, -0.25) is 4.72 Å². The molecule has 0 saturated carbocycles. The van der Waals surface area contributed by atoms with Crippen molar-refractivity contribution >= 4 is 54.9 Å². The van der Waals surface area contributed by atoms with Gasteiger partial charge in [0.25, 0.3) is 10.0 Å². The van der Waals surface area contributed by atoms with Crippen LogP contribution in [0.3, 0.4) is 0 Å². The number of hydrogen-bond acceptors (Lipinski definition) is 6. The van der Waals surface area contributed by atoms with E-state index >= 15 is 0 Å². The highest BCUT2D eigenvalue weighted by Crippen LogP contribution is 2.27. The summed E-state index contributed by atoms with van der Waals surface area (Å²) >= 11 is 6.96. The number of carboxylic acid groups (broad SMARTS) is 1. The van der Waals surface area contributed by atoms with Gasteiger partial charge in [0.2, 0.25) is 0 Å². The number of aromatic nitrogens is 2. The Balaban J connectivity index is 2.11. The van der Waals surface area contributed by atoms with E-state index in [0.29, 0.717) is 10.1 Å². The number of nitrogens with zero attached hydrogens (tertiary/aromatic N) is 2. The van der Waals surface area contributed by atoms with Crippen molar-refractivity contribution in [2.24, 2.45) is 0 Å². The van der Waals surface area contributed by atoms with Crippen LogP contribution in [0.1, 0.15) is 10.4 Å². The normalized spacial score (nSPS) is 11.5. The number of benzene rings is 1. The second kappa shape index (κ2) is 5.76. The van der Waals surface area contributed by atoms with E-state index in [9.17, 15) is 13.2 Å². The van der Waals surface area contributed by atoms with Gasteiger partial charge in [-0.2, -0.15) is 12.8 Å². The molecule has 0 fully saturated rings. The second-order valence-electron chi connectivity index (χ2n) is 4.45. The van der Waals surface area contributed by atoms with Crippen LogP contribution in [-0.4, -0.2) is 28.9 Å². The number of fused-ring (bicyclic) bond motifs is 1. The number of pyridine rings is 1. The molecule has 0 saturated heterocycles. The van der Waals surface area contributed by atoms with Crippen LogP contribution in [0.5, 0.6) is 0 Å². The fraction of sp³-hybridized carbons (Fsp3) is 0. The zero-order valence-electron chi connectivity index (χ0n) is 11.2. The molecule has 2 heterocycles. The maximum atomic E-state index is 12.6. The Labute approximate surface area is 139 Å². The lowest BCUT2D eigenvalue weighted by molar-refractivity contribution is 0.0698. The lowest BCUT2D eigenvalue weighted by Crippen LogP contribution is -2.17. The Bertz CT molecular complexity index is 1020. The van der Waals surface area contributed by atoms with Crippen molar-refractivity contribution in [1.82, 2.24) is 9.36 Å². The molecular formula is C13H8ClN3O4S2. The molecule has 0 amide bonds. The van der Waals surface area contributed by atoms with E-state index in [4.69, 9.17) is 16.7 Å². The van der Waals surface area contributed by atoms with Gasteiger partial charge in [-0.1, -0.05) is 11.6 Å². The van der Waals surface area contributed by atoms with E-state index in [0.717, 1.165) is 11.5 Å². The third-order valence-corrected chi connectivity index (χ3v) is 5.28. The van der Waals surface area contributed by atoms with Crippen molar-refractivity contribution in [3.8, 4) is 0 Å². The van der Waals surface area contributed by atoms with Crippen LogP contribution < -0.4 is 4.72 Å². The highest BCUT2D eigenvalue weighted by atomic mass is 35.5. The predicted octanol–water partition coefficient (Wildman–Crippen LogP) is 2.84. The second-order valence-corrected chi connectivity index (χ2v) is 7.32. The molecule has 0 spiro atoms. The predicted molar refractivity (Wildman–Crippen MR) is 86.6 cm³/mol. The molecule has 0 aliphatic rings. The van der Waals surface area contributed by atoms with Crippen LogP contribution >= 0.6 is 23.1 Å². The number of anilines is 1. The lowest BCUT2D eigenvalue weighted by atomic mass is 10.2. The number of carbonyl (C=O) groups is 1. The number of carboxylic acids is 1. The first kappa shape index (κ1) is 15.7. The SMILES string of the molecule is O=C(O)c1ccc(Cl)cc1NS(=O)(=O)c1nccc2sncc12. The summed E-state index contributed by atoms with van der Waals surface area (Å²) in [6, 6.07) is 5.47. The van der Waals surface area contributed by atoms with Crippen molar-refractivity contribution in [2.45, 2.75) is 5.03 Å². The van der Waals surface area contributed by atoms with Crippen molar-refractivity contribution in [2.75, 3.05) is 4.72 Å². The first-order valence-electron chi connectivity index (χ1n) is 6.13. The highest BCUT2D eigenvalue weighted by molar-refractivity contribution is 7.92. The maximum absolute atomic E-state index is 12.6. The molecule has 0 aliphatic heterocycles. The average Bonchev–Trinajstić information content (AvgIpc) is 2.94. The number of halogens is 1. The zero-order chi connectivity index (χ0) is 16.6. The summed E-state index contributed by atoms with van der Waals surface area (Å²) in [5, 5.41) is 9.51. The summed E-state index contributed by atoms with van der Waals surface area (Å²) in [5.74, 6) is -1.28. The van der Waals surface area contributed by atoms with Crippen LogP contribution in [0.25, 0.3) is 10.1 Å². The van der Waals surface area contributed by atoms with Gasteiger partial charge in [0.05, 0.1) is 27.5 Å². The van der Waals surface area contributed by atoms with Gasteiger partial charge in [0.15, 0.2) is 5.03 Å². The number of nitrogens with one attached hydrogen (secondary N) is 1. The lowest BCUT2D eigenvalue weighted by Gasteiger charge is -2.11. The van der Waals surface area contributed by atoms with Gasteiger partial charge < -0.3 is 5.11 Å². The number of aromatic carboxylic acids is 1. The minimum absolute atomic E-state index is 0.132. The molecule has 118 valence electrons. The van der Waals surface area contributed by atoms with Crippen LogP contribution in [0.15, 0.2) is 41.7 Å². The standard InChI is InChI=1S/C13H8ClN3O4S2/c14-7-1-2-8(13(18)19)10(5-7)17-23(20,21)12-9-6-16-22-11(9)3-4-15-12/h1-6,17H,(H,18,19). The third kappa shape index (κ3) is 2.98. The maximum Gasteiger partial charge on any atom is 0.337 e. The number of hydrogen-bond donors (Lipinski definition) is 2. The Hall–Kier alpha value is -2.23. The number of sulfonamides is 1. The molecule has 0 unspecified atom stereocenters. The summed E-state index contributed by atoms with van der Waals surface area (Å²) in [4.78, 5) is 15.1. The van der Waals surface area contributed by atoms with E-state index in [2.05, 4.69) is 14.1 Å². The van der Waals surface area contributed by atoms with Gasteiger partial charge in [0.1, 0.15) is 0 Å². The largest absolute Gasteiger partial charge is 0.478 e. The van der Waals surface area contributed by atoms with Crippen molar-refractivity contribution < 1.29 is 18.3 Å². The molecule has 0 atom stereocenters. The number of rotatable bonds is 4. The molecule has 7 nitrogen and oxygen atoms in total. The molecular weight excluding hydrogens is 362 g/mol. The summed E-state index contributed by atoms with van der Waals surface area (Å²) in [6.07, 6.45) is 2.75. The summed E-state index contributed by atoms with van der Waals surface area (Å²) < 4.78 is 32.0. The molecule has 10 heteroatoms. The van der Waals surface area contributed by atoms with Gasteiger partial charge in [-0.15, -0.1) is 0 Å². The Kier molecular flexibility index (Phi) is 3.92. The van der Waals surface area contributed by atoms with E-state index in [1.54, 1.807) is 6.07 Å². The van der Waals surface area contributed by atoms with Crippen molar-refractivity contribution in [1.29, 1.82) is 0 Å². The minimum atomic E-state index is -4.10. The van der Waals surface area contributed by atoms with E-state index in [-0.39, 0.29) is 21.3 Å². The first-order chi connectivity index (χ1) is 10.9. The van der Waals surface area contributed by atoms with Crippen LogP contribution in [0.2, 0.25) is 5.02 Å². The molecule has 2 N–H and O–H groups in total. The topological polar surface area (TPSA) is 109 Å².